The van der Waals surface area contributed by atoms with Crippen molar-refractivity contribution in [1.29, 1.82) is 0 Å². The number of aromatic nitrogens is 1. The first-order valence-electron chi connectivity index (χ1n) is 9.71. The number of aryl methyl sites for hydroxylation is 1. The van der Waals surface area contributed by atoms with Crippen LogP contribution in [0.2, 0.25) is 0 Å². The van der Waals surface area contributed by atoms with Gasteiger partial charge in [0.1, 0.15) is 0 Å². The molecule has 0 saturated heterocycles. The van der Waals surface area contributed by atoms with Crippen LogP contribution in [-0.4, -0.2) is 42.4 Å². The van der Waals surface area contributed by atoms with Crippen molar-refractivity contribution in [2.45, 2.75) is 32.5 Å². The zero-order valence-electron chi connectivity index (χ0n) is 17.0. The van der Waals surface area contributed by atoms with E-state index in [1.54, 1.807) is 14.2 Å². The normalized spacial score (nSPS) is 15.5. The summed E-state index contributed by atoms with van der Waals surface area (Å²) in [6.07, 6.45) is 0.415. The summed E-state index contributed by atoms with van der Waals surface area (Å²) >= 11 is 0. The van der Waals surface area contributed by atoms with E-state index >= 15 is 0 Å². The molecule has 5 heteroatoms. The number of methoxy groups -OCH3 is 2. The Kier molecular flexibility index (Phi) is 5.04. The van der Waals surface area contributed by atoms with E-state index in [0.717, 1.165) is 25.1 Å². The molecule has 1 atom stereocenters. The monoisotopic (exact) mass is 380 g/mol. The van der Waals surface area contributed by atoms with E-state index in [0.29, 0.717) is 18.0 Å². The van der Waals surface area contributed by atoms with E-state index in [4.69, 9.17) is 9.47 Å². The van der Waals surface area contributed by atoms with Crippen LogP contribution in [0.25, 0.3) is 10.9 Å². The molecule has 1 aliphatic rings. The van der Waals surface area contributed by atoms with E-state index in [-0.39, 0.29) is 0 Å². The molecule has 28 heavy (non-hydrogen) atoms. The van der Waals surface area contributed by atoms with E-state index in [1.807, 2.05) is 18.2 Å². The topological polar surface area (TPSA) is 46.9 Å². The number of likely N-dealkylation sites (N-methyl/N-ethyl adjacent to an activating group) is 1. The fourth-order valence-electron chi connectivity index (χ4n) is 4.23. The minimum absolute atomic E-state index is 0.512. The lowest BCUT2D eigenvalue weighted by atomic mass is 10.0. The smallest absolute Gasteiger partial charge is 0.161 e. The highest BCUT2D eigenvalue weighted by molar-refractivity contribution is 5.86. The second-order valence-electron chi connectivity index (χ2n) is 7.67. The summed E-state index contributed by atoms with van der Waals surface area (Å²) in [4.78, 5) is 2.34. The van der Waals surface area contributed by atoms with Gasteiger partial charge in [0.05, 0.1) is 26.9 Å². The molecule has 4 rings (SSSR count). The Hall–Kier alpha value is -2.50. The van der Waals surface area contributed by atoms with Crippen LogP contribution in [0.1, 0.15) is 28.5 Å². The summed E-state index contributed by atoms with van der Waals surface area (Å²) < 4.78 is 13.0. The number of fused-ring (bicyclic) bond motifs is 3. The summed E-state index contributed by atoms with van der Waals surface area (Å²) in [6.45, 7) is 4.62. The predicted molar refractivity (Wildman–Crippen MR) is 111 cm³/mol. The zero-order chi connectivity index (χ0) is 19.8. The standard InChI is InChI=1S/C23H28N2O3/c1-15-5-7-19-18(11-15)17-9-10-24(2)13-20(17)25(19)14-21(26)16-6-8-22(27-3)23(12-16)28-4/h5-8,11-12,21,26H,9-10,13-14H2,1-4H3. The second-order valence-corrected chi connectivity index (χ2v) is 7.67. The van der Waals surface area contributed by atoms with Gasteiger partial charge in [-0.2, -0.15) is 0 Å². The molecule has 0 bridgehead atoms. The number of hydrogen-bond donors (Lipinski definition) is 1. The highest BCUT2D eigenvalue weighted by atomic mass is 16.5. The van der Waals surface area contributed by atoms with Crippen molar-refractivity contribution >= 4 is 10.9 Å². The van der Waals surface area contributed by atoms with Crippen molar-refractivity contribution in [1.82, 2.24) is 9.47 Å². The average Bonchev–Trinajstić information content (AvgIpc) is 2.99. The molecule has 0 spiro atoms. The third kappa shape index (κ3) is 3.25. The first-order valence-corrected chi connectivity index (χ1v) is 9.71. The maximum absolute atomic E-state index is 11.0. The van der Waals surface area contributed by atoms with E-state index < -0.39 is 6.10 Å². The van der Waals surface area contributed by atoms with Crippen LogP contribution in [-0.2, 0) is 19.5 Å². The third-order valence-electron chi connectivity index (χ3n) is 5.75. The average molecular weight is 380 g/mol. The number of ether oxygens (including phenoxy) is 2. The van der Waals surface area contributed by atoms with Crippen molar-refractivity contribution in [3.63, 3.8) is 0 Å². The molecule has 2 heterocycles. The quantitative estimate of drug-likeness (QED) is 0.733. The molecule has 148 valence electrons. The first kappa shape index (κ1) is 18.8. The number of aliphatic hydroxyl groups is 1. The lowest BCUT2D eigenvalue weighted by molar-refractivity contribution is 0.154. The summed E-state index contributed by atoms with van der Waals surface area (Å²) in [7, 11) is 5.38. The molecule has 0 fully saturated rings. The van der Waals surface area contributed by atoms with Gasteiger partial charge < -0.3 is 24.0 Å². The van der Waals surface area contributed by atoms with Gasteiger partial charge >= 0.3 is 0 Å². The summed E-state index contributed by atoms with van der Waals surface area (Å²) in [5.74, 6) is 1.30. The molecule has 0 aliphatic carbocycles. The van der Waals surface area contributed by atoms with E-state index in [1.165, 1.54) is 27.7 Å². The molecule has 0 amide bonds. The highest BCUT2D eigenvalue weighted by Crippen LogP contribution is 2.34. The van der Waals surface area contributed by atoms with Gasteiger partial charge in [0, 0.05) is 29.7 Å². The number of rotatable bonds is 5. The number of hydrogen-bond acceptors (Lipinski definition) is 4. The van der Waals surface area contributed by atoms with E-state index in [9.17, 15) is 5.11 Å². The Morgan fingerprint density at radius 1 is 1.07 bits per heavy atom. The van der Waals surface area contributed by atoms with Gasteiger partial charge in [-0.1, -0.05) is 17.7 Å². The number of benzene rings is 2. The molecule has 1 aromatic heterocycles. The van der Waals surface area contributed by atoms with Gasteiger partial charge in [-0.15, -0.1) is 0 Å². The van der Waals surface area contributed by atoms with Crippen LogP contribution in [0.3, 0.4) is 0 Å². The fourth-order valence-corrected chi connectivity index (χ4v) is 4.23. The van der Waals surface area contributed by atoms with Gasteiger partial charge in [-0.3, -0.25) is 0 Å². The summed E-state index contributed by atoms with van der Waals surface area (Å²) in [5, 5.41) is 12.3. The van der Waals surface area contributed by atoms with Crippen molar-refractivity contribution in [2.75, 3.05) is 27.8 Å². The number of aliphatic hydroxyl groups excluding tert-OH is 1. The van der Waals surface area contributed by atoms with Crippen LogP contribution in [0.5, 0.6) is 11.5 Å². The zero-order valence-corrected chi connectivity index (χ0v) is 17.0. The highest BCUT2D eigenvalue weighted by Gasteiger charge is 2.24. The minimum atomic E-state index is -0.631. The summed E-state index contributed by atoms with van der Waals surface area (Å²) in [5.41, 5.74) is 6.03. The van der Waals surface area contributed by atoms with Crippen molar-refractivity contribution in [3.8, 4) is 11.5 Å². The molecule has 3 aromatic rings. The van der Waals surface area contributed by atoms with Crippen LogP contribution < -0.4 is 9.47 Å². The van der Waals surface area contributed by atoms with Gasteiger partial charge in [0.25, 0.3) is 0 Å². The maximum Gasteiger partial charge on any atom is 0.161 e. The third-order valence-corrected chi connectivity index (χ3v) is 5.75. The fraction of sp³-hybridized carbons (Fsp3) is 0.391. The Morgan fingerprint density at radius 2 is 1.86 bits per heavy atom. The molecule has 1 aliphatic heterocycles. The lowest BCUT2D eigenvalue weighted by Gasteiger charge is -2.25. The molecular weight excluding hydrogens is 352 g/mol. The second kappa shape index (κ2) is 7.49. The molecule has 5 nitrogen and oxygen atoms in total. The molecule has 2 aromatic carbocycles. The maximum atomic E-state index is 11.0. The van der Waals surface area contributed by atoms with Crippen molar-refractivity contribution < 1.29 is 14.6 Å². The molecular formula is C23H28N2O3. The SMILES string of the molecule is COc1ccc(C(O)Cn2c3c(c4cc(C)ccc42)CCN(C)C3)cc1OC. The summed E-state index contributed by atoms with van der Waals surface area (Å²) in [6, 6.07) is 12.2. The van der Waals surface area contributed by atoms with Gasteiger partial charge in [0.2, 0.25) is 0 Å². The number of nitrogens with zero attached hydrogens (tertiary/aromatic N) is 2. The Morgan fingerprint density at radius 3 is 2.61 bits per heavy atom. The Bertz CT molecular complexity index is 1010. The molecule has 1 unspecified atom stereocenters. The molecule has 0 radical (unpaired) electrons. The van der Waals surface area contributed by atoms with Crippen molar-refractivity contribution in [3.05, 3.63) is 58.8 Å². The molecule has 0 saturated carbocycles. The molecule has 1 N–H and O–H groups in total. The van der Waals surface area contributed by atoms with Crippen molar-refractivity contribution in [2.24, 2.45) is 0 Å². The van der Waals surface area contributed by atoms with E-state index in [2.05, 4.69) is 41.6 Å². The van der Waals surface area contributed by atoms with Gasteiger partial charge in [0.15, 0.2) is 11.5 Å². The van der Waals surface area contributed by atoms with Crippen LogP contribution in [0.15, 0.2) is 36.4 Å². The lowest BCUT2D eigenvalue weighted by Crippen LogP contribution is -2.28. The largest absolute Gasteiger partial charge is 0.493 e. The minimum Gasteiger partial charge on any atom is -0.493 e. The predicted octanol–water partition coefficient (Wildman–Crippen LogP) is 3.69. The van der Waals surface area contributed by atoms with Crippen LogP contribution in [0.4, 0.5) is 0 Å². The van der Waals surface area contributed by atoms with Gasteiger partial charge in [-0.05, 0) is 55.8 Å². The first-order chi connectivity index (χ1) is 13.5. The Labute approximate surface area is 166 Å². The Balaban J connectivity index is 1.74. The van der Waals surface area contributed by atoms with Crippen LogP contribution in [0, 0.1) is 6.92 Å². The van der Waals surface area contributed by atoms with Crippen LogP contribution >= 0.6 is 0 Å². The van der Waals surface area contributed by atoms with Gasteiger partial charge in [-0.25, -0.2) is 0 Å².